The molecule has 1 aromatic heterocycles. The fraction of sp³-hybridized carbons (Fsp3) is 0.346. The van der Waals surface area contributed by atoms with E-state index in [0.29, 0.717) is 46.7 Å². The number of H-pyrrole nitrogens is 1. The summed E-state index contributed by atoms with van der Waals surface area (Å²) >= 11 is 0. The number of amides is 1. The minimum atomic E-state index is -0.722. The maximum absolute atomic E-state index is 13.6. The molecule has 174 valence electrons. The Balaban J connectivity index is 1.56. The topological polar surface area (TPSA) is 127 Å². The first-order valence-corrected chi connectivity index (χ1v) is 11.1. The minimum Gasteiger partial charge on any atom is -0.491 e. The van der Waals surface area contributed by atoms with Gasteiger partial charge in [-0.1, -0.05) is 19.9 Å². The smallest absolute Gasteiger partial charge is 0.252 e. The quantitative estimate of drug-likeness (QED) is 0.614. The van der Waals surface area contributed by atoms with Gasteiger partial charge in [-0.3, -0.25) is 9.59 Å². The number of hydrogen-bond acceptors (Lipinski definition) is 6. The number of rotatable bonds is 4. The van der Waals surface area contributed by atoms with Crippen LogP contribution in [0.4, 0.5) is 0 Å². The number of aromatic nitrogens is 1. The van der Waals surface area contributed by atoms with Gasteiger partial charge in [0.1, 0.15) is 24.5 Å². The molecule has 0 radical (unpaired) electrons. The summed E-state index contributed by atoms with van der Waals surface area (Å²) in [6.07, 6.45) is -0.178. The van der Waals surface area contributed by atoms with Crippen molar-refractivity contribution in [1.82, 2.24) is 4.98 Å². The zero-order chi connectivity index (χ0) is 24.4. The molecule has 3 N–H and O–H groups in total. The first kappa shape index (κ1) is 22.1. The summed E-state index contributed by atoms with van der Waals surface area (Å²) in [6, 6.07) is 10.6. The standard InChI is InChI=1S/C26H25N3O5/c1-25(2)18-9-14(32-11-15-12-33-26(3,4)34-15)6-8-16(18)22(30)20-17-7-5-13(10-27)19(24(28)31)21(17)29-23(20)25/h5-9,15,29H,11-12H2,1-4H3,(H2,28,31). The molecular formula is C26H25N3O5. The third-order valence-electron chi connectivity index (χ3n) is 6.61. The molecule has 1 unspecified atom stereocenters. The van der Waals surface area contributed by atoms with Crippen LogP contribution in [0.5, 0.6) is 5.75 Å². The van der Waals surface area contributed by atoms with Crippen LogP contribution in [0.2, 0.25) is 0 Å². The molecule has 0 saturated carbocycles. The van der Waals surface area contributed by atoms with Gasteiger partial charge in [-0.2, -0.15) is 5.26 Å². The summed E-state index contributed by atoms with van der Waals surface area (Å²) in [4.78, 5) is 29.0. The molecule has 34 heavy (non-hydrogen) atoms. The number of ketones is 1. The SMILES string of the molecule is CC1(C)OCC(COc2ccc3c(c2)C(C)(C)c2[nH]c4c(C(N)=O)c(C#N)ccc4c2C3=O)O1. The summed E-state index contributed by atoms with van der Waals surface area (Å²) in [5, 5.41) is 10.0. The Kier molecular flexibility index (Phi) is 4.83. The molecule has 1 amide bonds. The van der Waals surface area contributed by atoms with Gasteiger partial charge in [0.15, 0.2) is 11.6 Å². The highest BCUT2D eigenvalue weighted by atomic mass is 16.7. The number of nitrogens with zero attached hydrogens (tertiary/aromatic N) is 1. The van der Waals surface area contributed by atoms with Crippen molar-refractivity contribution in [3.63, 3.8) is 0 Å². The van der Waals surface area contributed by atoms with Crippen molar-refractivity contribution in [3.8, 4) is 11.8 Å². The van der Waals surface area contributed by atoms with Crippen LogP contribution in [-0.4, -0.2) is 41.8 Å². The zero-order valence-corrected chi connectivity index (χ0v) is 19.4. The minimum absolute atomic E-state index is 0.0905. The molecule has 2 aromatic carbocycles. The average molecular weight is 460 g/mol. The fourth-order valence-electron chi connectivity index (χ4n) is 4.95. The van der Waals surface area contributed by atoms with Crippen molar-refractivity contribution in [1.29, 1.82) is 5.26 Å². The number of carbonyl (C=O) groups excluding carboxylic acids is 2. The fourth-order valence-corrected chi connectivity index (χ4v) is 4.95. The Labute approximate surface area is 196 Å². The molecule has 2 aliphatic rings. The summed E-state index contributed by atoms with van der Waals surface area (Å²) in [6.45, 7) is 8.51. The second kappa shape index (κ2) is 7.42. The first-order chi connectivity index (χ1) is 16.0. The number of benzene rings is 2. The Morgan fingerprint density at radius 1 is 1.26 bits per heavy atom. The van der Waals surface area contributed by atoms with Gasteiger partial charge in [0.25, 0.3) is 5.91 Å². The van der Waals surface area contributed by atoms with Crippen molar-refractivity contribution < 1.29 is 23.8 Å². The van der Waals surface area contributed by atoms with Gasteiger partial charge in [-0.15, -0.1) is 0 Å². The lowest BCUT2D eigenvalue weighted by atomic mass is 9.71. The van der Waals surface area contributed by atoms with E-state index < -0.39 is 17.1 Å². The van der Waals surface area contributed by atoms with E-state index in [0.717, 1.165) is 5.56 Å². The second-order valence-corrected chi connectivity index (χ2v) is 9.68. The number of nitrogens with one attached hydrogen (secondary N) is 1. The third-order valence-corrected chi connectivity index (χ3v) is 6.61. The molecular weight excluding hydrogens is 434 g/mol. The Hall–Kier alpha value is -3.67. The van der Waals surface area contributed by atoms with E-state index in [1.54, 1.807) is 18.2 Å². The molecule has 5 rings (SSSR count). The number of nitrogens with two attached hydrogens (primary N) is 1. The van der Waals surface area contributed by atoms with Gasteiger partial charge in [-0.25, -0.2) is 0 Å². The van der Waals surface area contributed by atoms with Crippen LogP contribution in [-0.2, 0) is 14.9 Å². The van der Waals surface area contributed by atoms with Crippen molar-refractivity contribution in [2.24, 2.45) is 5.73 Å². The predicted molar refractivity (Wildman–Crippen MR) is 124 cm³/mol. The molecule has 0 bridgehead atoms. The number of aromatic amines is 1. The molecule has 8 nitrogen and oxygen atoms in total. The highest BCUT2D eigenvalue weighted by molar-refractivity contribution is 6.22. The van der Waals surface area contributed by atoms with Gasteiger partial charge in [0.2, 0.25) is 0 Å². The first-order valence-electron chi connectivity index (χ1n) is 11.1. The van der Waals surface area contributed by atoms with Crippen LogP contribution in [0.15, 0.2) is 30.3 Å². The zero-order valence-electron chi connectivity index (χ0n) is 19.4. The lowest BCUT2D eigenvalue weighted by molar-refractivity contribution is -0.141. The van der Waals surface area contributed by atoms with Gasteiger partial charge in [0, 0.05) is 22.1 Å². The maximum Gasteiger partial charge on any atom is 0.252 e. The van der Waals surface area contributed by atoms with E-state index in [1.165, 1.54) is 6.07 Å². The lowest BCUT2D eigenvalue weighted by Crippen LogP contribution is -2.30. The highest BCUT2D eigenvalue weighted by Crippen LogP contribution is 2.45. The van der Waals surface area contributed by atoms with Gasteiger partial charge in [0.05, 0.1) is 28.8 Å². The Bertz CT molecular complexity index is 1410. The van der Waals surface area contributed by atoms with Crippen molar-refractivity contribution in [2.45, 2.75) is 45.0 Å². The van der Waals surface area contributed by atoms with Crippen molar-refractivity contribution in [2.75, 3.05) is 13.2 Å². The van der Waals surface area contributed by atoms with E-state index in [-0.39, 0.29) is 23.0 Å². The maximum atomic E-state index is 13.6. The number of carbonyl (C=O) groups is 2. The normalized spacial score (nSPS) is 20.0. The Morgan fingerprint density at radius 3 is 2.68 bits per heavy atom. The van der Waals surface area contributed by atoms with E-state index >= 15 is 0 Å². The lowest BCUT2D eigenvalue weighted by Gasteiger charge is -2.32. The van der Waals surface area contributed by atoms with Crippen LogP contribution in [0.1, 0.15) is 70.8 Å². The van der Waals surface area contributed by atoms with Crippen molar-refractivity contribution >= 4 is 22.6 Å². The van der Waals surface area contributed by atoms with Gasteiger partial charge in [-0.05, 0) is 43.7 Å². The predicted octanol–water partition coefficient (Wildman–Crippen LogP) is 3.54. The van der Waals surface area contributed by atoms with Crippen LogP contribution >= 0.6 is 0 Å². The molecule has 3 aromatic rings. The molecule has 0 spiro atoms. The molecule has 8 heteroatoms. The number of fused-ring (bicyclic) bond motifs is 4. The summed E-state index contributed by atoms with van der Waals surface area (Å²) < 4.78 is 17.4. The monoisotopic (exact) mass is 459 g/mol. The van der Waals surface area contributed by atoms with E-state index in [1.807, 2.05) is 39.8 Å². The summed E-state index contributed by atoms with van der Waals surface area (Å²) in [5.74, 6) is -0.881. The second-order valence-electron chi connectivity index (χ2n) is 9.68. The molecule has 1 aliphatic carbocycles. The molecule has 1 atom stereocenters. The number of ether oxygens (including phenoxy) is 3. The largest absolute Gasteiger partial charge is 0.491 e. The third kappa shape index (κ3) is 3.28. The van der Waals surface area contributed by atoms with Crippen LogP contribution < -0.4 is 10.5 Å². The van der Waals surface area contributed by atoms with Crippen molar-refractivity contribution in [3.05, 3.63) is 63.8 Å². The van der Waals surface area contributed by atoms with E-state index in [2.05, 4.69) is 4.98 Å². The van der Waals surface area contributed by atoms with E-state index in [9.17, 15) is 14.9 Å². The Morgan fingerprint density at radius 2 is 2.03 bits per heavy atom. The molecule has 1 saturated heterocycles. The van der Waals surface area contributed by atoms with Gasteiger partial charge >= 0.3 is 0 Å². The molecule has 1 aliphatic heterocycles. The average Bonchev–Trinajstić information content (AvgIpc) is 3.35. The van der Waals surface area contributed by atoms with Crippen LogP contribution in [0, 0.1) is 11.3 Å². The van der Waals surface area contributed by atoms with E-state index in [4.69, 9.17) is 19.9 Å². The molecule has 1 fully saturated rings. The number of hydrogen-bond donors (Lipinski definition) is 2. The summed E-state index contributed by atoms with van der Waals surface area (Å²) in [7, 11) is 0. The van der Waals surface area contributed by atoms with Gasteiger partial charge < -0.3 is 24.9 Å². The number of primary amides is 1. The number of nitriles is 1. The molecule has 2 heterocycles. The van der Waals surface area contributed by atoms with Crippen LogP contribution in [0.25, 0.3) is 10.9 Å². The summed E-state index contributed by atoms with van der Waals surface area (Å²) in [5.41, 5.74) is 8.18. The highest BCUT2D eigenvalue weighted by Gasteiger charge is 2.41. The van der Waals surface area contributed by atoms with Crippen LogP contribution in [0.3, 0.4) is 0 Å².